The Morgan fingerprint density at radius 2 is 2.13 bits per heavy atom. The van der Waals surface area contributed by atoms with Crippen LogP contribution >= 0.6 is 0 Å². The monoisotopic (exact) mass is 206 g/mol. The van der Waals surface area contributed by atoms with E-state index in [0.29, 0.717) is 0 Å². The Kier molecular flexibility index (Phi) is 4.16. The van der Waals surface area contributed by atoms with Gasteiger partial charge in [0.05, 0.1) is 0 Å². The standard InChI is InChI=1S/C12H18N2O/c1-3-6-11(14-12(13)15)10-8-5-4-7-9(10)2/h3,6H,1,4-5,7-8H2,2H3,(H3,13,14,15)/b11-6+. The maximum absolute atomic E-state index is 10.8. The SMILES string of the molecule is C=C/C=C(/NC(N)=O)C1=C(C)CCCC1. The van der Waals surface area contributed by atoms with Gasteiger partial charge in [-0.1, -0.05) is 18.2 Å². The summed E-state index contributed by atoms with van der Waals surface area (Å²) in [6.45, 7) is 5.74. The van der Waals surface area contributed by atoms with Crippen molar-refractivity contribution in [2.75, 3.05) is 0 Å². The summed E-state index contributed by atoms with van der Waals surface area (Å²) in [7, 11) is 0. The van der Waals surface area contributed by atoms with Gasteiger partial charge in [0.25, 0.3) is 0 Å². The predicted molar refractivity (Wildman–Crippen MR) is 62.2 cm³/mol. The molecule has 1 aliphatic carbocycles. The van der Waals surface area contributed by atoms with E-state index in [9.17, 15) is 4.79 Å². The lowest BCUT2D eigenvalue weighted by Crippen LogP contribution is -2.30. The summed E-state index contributed by atoms with van der Waals surface area (Å²) >= 11 is 0. The van der Waals surface area contributed by atoms with E-state index in [1.54, 1.807) is 12.2 Å². The largest absolute Gasteiger partial charge is 0.351 e. The van der Waals surface area contributed by atoms with Gasteiger partial charge in [-0.25, -0.2) is 4.79 Å². The first-order valence-corrected chi connectivity index (χ1v) is 5.23. The molecule has 0 radical (unpaired) electrons. The molecule has 0 saturated heterocycles. The average Bonchev–Trinajstić information content (AvgIpc) is 2.17. The first kappa shape index (κ1) is 11.6. The topological polar surface area (TPSA) is 55.1 Å². The normalized spacial score (nSPS) is 17.5. The Bertz CT molecular complexity index is 327. The fourth-order valence-electron chi connectivity index (χ4n) is 1.89. The van der Waals surface area contributed by atoms with Crippen LogP contribution in [0.5, 0.6) is 0 Å². The highest BCUT2D eigenvalue weighted by atomic mass is 16.2. The number of primary amides is 1. The molecule has 0 aliphatic heterocycles. The van der Waals surface area contributed by atoms with Crippen molar-refractivity contribution in [2.24, 2.45) is 5.73 Å². The molecule has 82 valence electrons. The van der Waals surface area contributed by atoms with Gasteiger partial charge >= 0.3 is 6.03 Å². The van der Waals surface area contributed by atoms with E-state index in [1.807, 2.05) is 0 Å². The molecule has 1 aliphatic rings. The summed E-state index contributed by atoms with van der Waals surface area (Å²) in [4.78, 5) is 10.8. The van der Waals surface area contributed by atoms with E-state index in [-0.39, 0.29) is 0 Å². The summed E-state index contributed by atoms with van der Waals surface area (Å²) < 4.78 is 0. The van der Waals surface area contributed by atoms with E-state index in [1.165, 1.54) is 24.0 Å². The average molecular weight is 206 g/mol. The van der Waals surface area contributed by atoms with Gasteiger partial charge < -0.3 is 11.1 Å². The minimum absolute atomic E-state index is 0.519. The maximum Gasteiger partial charge on any atom is 0.316 e. The van der Waals surface area contributed by atoms with Crippen LogP contribution in [0, 0.1) is 0 Å². The van der Waals surface area contributed by atoms with Crippen molar-refractivity contribution in [1.82, 2.24) is 5.32 Å². The Balaban J connectivity index is 2.92. The van der Waals surface area contributed by atoms with Crippen LogP contribution in [-0.4, -0.2) is 6.03 Å². The summed E-state index contributed by atoms with van der Waals surface area (Å²) in [6, 6.07) is -0.519. The van der Waals surface area contributed by atoms with Gasteiger partial charge in [-0.2, -0.15) is 0 Å². The molecule has 3 N–H and O–H groups in total. The van der Waals surface area contributed by atoms with Crippen LogP contribution in [-0.2, 0) is 0 Å². The fraction of sp³-hybridized carbons (Fsp3) is 0.417. The molecule has 0 bridgehead atoms. The Morgan fingerprint density at radius 3 is 2.67 bits per heavy atom. The van der Waals surface area contributed by atoms with Crippen molar-refractivity contribution in [3.63, 3.8) is 0 Å². The zero-order chi connectivity index (χ0) is 11.3. The molecule has 15 heavy (non-hydrogen) atoms. The zero-order valence-corrected chi connectivity index (χ0v) is 9.18. The third-order valence-corrected chi connectivity index (χ3v) is 2.61. The number of carbonyl (C=O) groups is 1. The van der Waals surface area contributed by atoms with E-state index in [4.69, 9.17) is 5.73 Å². The van der Waals surface area contributed by atoms with Crippen molar-refractivity contribution >= 4 is 6.03 Å². The Morgan fingerprint density at radius 1 is 1.47 bits per heavy atom. The lowest BCUT2D eigenvalue weighted by atomic mass is 9.90. The summed E-state index contributed by atoms with van der Waals surface area (Å²) in [6.07, 6.45) is 7.97. The highest BCUT2D eigenvalue weighted by Crippen LogP contribution is 2.28. The number of allylic oxidation sites excluding steroid dienone is 4. The molecule has 1 rings (SSSR count). The minimum Gasteiger partial charge on any atom is -0.351 e. The molecular formula is C12H18N2O. The van der Waals surface area contributed by atoms with Gasteiger partial charge in [0.15, 0.2) is 0 Å². The van der Waals surface area contributed by atoms with Crippen LogP contribution in [0.25, 0.3) is 0 Å². The first-order valence-electron chi connectivity index (χ1n) is 5.23. The summed E-state index contributed by atoms with van der Waals surface area (Å²) in [5.74, 6) is 0. The Labute approximate surface area is 90.7 Å². The van der Waals surface area contributed by atoms with Crippen molar-refractivity contribution in [2.45, 2.75) is 32.6 Å². The quantitative estimate of drug-likeness (QED) is 0.685. The van der Waals surface area contributed by atoms with Gasteiger partial charge in [-0.3, -0.25) is 0 Å². The third kappa shape index (κ3) is 3.27. The number of hydrogen-bond acceptors (Lipinski definition) is 1. The van der Waals surface area contributed by atoms with Crippen molar-refractivity contribution in [3.8, 4) is 0 Å². The second kappa shape index (κ2) is 5.39. The number of urea groups is 1. The van der Waals surface area contributed by atoms with Crippen LogP contribution in [0.1, 0.15) is 32.6 Å². The first-order chi connectivity index (χ1) is 7.15. The second-order valence-corrected chi connectivity index (χ2v) is 3.77. The molecule has 0 aromatic rings. The van der Waals surface area contributed by atoms with Crippen LogP contribution in [0.2, 0.25) is 0 Å². The highest BCUT2D eigenvalue weighted by Gasteiger charge is 2.13. The fourth-order valence-corrected chi connectivity index (χ4v) is 1.89. The molecule has 0 spiro atoms. The third-order valence-electron chi connectivity index (χ3n) is 2.61. The lowest BCUT2D eigenvalue weighted by Gasteiger charge is -2.20. The second-order valence-electron chi connectivity index (χ2n) is 3.77. The van der Waals surface area contributed by atoms with Crippen LogP contribution < -0.4 is 11.1 Å². The molecule has 0 atom stereocenters. The number of carbonyl (C=O) groups excluding carboxylic acids is 1. The van der Waals surface area contributed by atoms with Gasteiger partial charge in [0.2, 0.25) is 0 Å². The molecular weight excluding hydrogens is 188 g/mol. The molecule has 2 amide bonds. The lowest BCUT2D eigenvalue weighted by molar-refractivity contribution is 0.251. The number of amides is 2. The van der Waals surface area contributed by atoms with Crippen molar-refractivity contribution in [1.29, 1.82) is 0 Å². The molecule has 0 aromatic heterocycles. The van der Waals surface area contributed by atoms with E-state index in [2.05, 4.69) is 18.8 Å². The van der Waals surface area contributed by atoms with Gasteiger partial charge in [-0.05, 0) is 44.3 Å². The van der Waals surface area contributed by atoms with Crippen LogP contribution in [0.3, 0.4) is 0 Å². The molecule has 3 heteroatoms. The number of nitrogens with two attached hydrogens (primary N) is 1. The Hall–Kier alpha value is -1.51. The molecule has 3 nitrogen and oxygen atoms in total. The summed E-state index contributed by atoms with van der Waals surface area (Å²) in [5, 5.41) is 2.65. The van der Waals surface area contributed by atoms with E-state index < -0.39 is 6.03 Å². The molecule has 0 saturated carbocycles. The van der Waals surface area contributed by atoms with E-state index >= 15 is 0 Å². The van der Waals surface area contributed by atoms with Gasteiger partial charge in [0, 0.05) is 5.70 Å². The van der Waals surface area contributed by atoms with Crippen molar-refractivity contribution < 1.29 is 4.79 Å². The highest BCUT2D eigenvalue weighted by molar-refractivity contribution is 5.75. The smallest absolute Gasteiger partial charge is 0.316 e. The number of nitrogens with one attached hydrogen (secondary N) is 1. The molecule has 0 heterocycles. The van der Waals surface area contributed by atoms with Crippen LogP contribution in [0.4, 0.5) is 4.79 Å². The van der Waals surface area contributed by atoms with Crippen molar-refractivity contribution in [3.05, 3.63) is 35.6 Å². The van der Waals surface area contributed by atoms with Crippen LogP contribution in [0.15, 0.2) is 35.6 Å². The molecule has 0 fully saturated rings. The maximum atomic E-state index is 10.8. The predicted octanol–water partition coefficient (Wildman–Crippen LogP) is 2.62. The zero-order valence-electron chi connectivity index (χ0n) is 9.18. The minimum atomic E-state index is -0.519. The molecule has 0 unspecified atom stereocenters. The molecule has 0 aromatic carbocycles. The summed E-state index contributed by atoms with van der Waals surface area (Å²) in [5.41, 5.74) is 8.47. The van der Waals surface area contributed by atoms with Gasteiger partial charge in [-0.15, -0.1) is 0 Å². The number of hydrogen-bond donors (Lipinski definition) is 2. The van der Waals surface area contributed by atoms with Gasteiger partial charge in [0.1, 0.15) is 0 Å². The number of rotatable bonds is 3. The van der Waals surface area contributed by atoms with E-state index in [0.717, 1.165) is 18.5 Å².